The van der Waals surface area contributed by atoms with Gasteiger partial charge in [-0.1, -0.05) is 24.0 Å². The number of nitrogens with two attached hydrogens (primary N) is 1. The second-order valence-corrected chi connectivity index (χ2v) is 8.32. The number of H-pyrrole nitrogens is 1. The summed E-state index contributed by atoms with van der Waals surface area (Å²) < 4.78 is 23.4. The highest BCUT2D eigenvalue weighted by molar-refractivity contribution is 7.90. The fourth-order valence-corrected chi connectivity index (χ4v) is 3.29. The van der Waals surface area contributed by atoms with Gasteiger partial charge in [0, 0.05) is 18.9 Å². The third-order valence-electron chi connectivity index (χ3n) is 4.16. The summed E-state index contributed by atoms with van der Waals surface area (Å²) >= 11 is 0. The maximum Gasteiger partial charge on any atom is 0.265 e. The lowest BCUT2D eigenvalue weighted by atomic mass is 10.0. The molecule has 0 aliphatic rings. The maximum atomic E-state index is 12.1. The predicted octanol–water partition coefficient (Wildman–Crippen LogP) is 1.57. The molecule has 0 unspecified atom stereocenters. The normalized spacial score (nSPS) is 10.9. The molecule has 4 N–H and O–H groups in total. The van der Waals surface area contributed by atoms with Gasteiger partial charge in [-0.15, -0.1) is 0 Å². The minimum atomic E-state index is -3.31. The molecule has 1 aromatic carbocycles. The molecule has 0 bridgehead atoms. The first-order chi connectivity index (χ1) is 13.7. The zero-order valence-corrected chi connectivity index (χ0v) is 16.9. The second kappa shape index (κ2) is 7.77. The fourth-order valence-electron chi connectivity index (χ4n) is 2.66. The van der Waals surface area contributed by atoms with E-state index in [1.54, 1.807) is 38.2 Å². The lowest BCUT2D eigenvalue weighted by Gasteiger charge is -2.08. The summed E-state index contributed by atoms with van der Waals surface area (Å²) in [7, 11) is -1.61. The van der Waals surface area contributed by atoms with Gasteiger partial charge in [0.05, 0.1) is 27.4 Å². The first kappa shape index (κ1) is 20.1. The molecular weight excluding hydrogens is 390 g/mol. The molecule has 3 aromatic rings. The van der Waals surface area contributed by atoms with Crippen LogP contribution >= 0.6 is 0 Å². The van der Waals surface area contributed by atoms with Crippen molar-refractivity contribution in [2.45, 2.75) is 11.8 Å². The average molecular weight is 409 g/mol. The van der Waals surface area contributed by atoms with E-state index in [0.29, 0.717) is 33.9 Å². The van der Waals surface area contributed by atoms with Crippen LogP contribution in [0.5, 0.6) is 0 Å². The number of aryl methyl sites for hydroxylation is 1. The Bertz CT molecular complexity index is 1300. The zero-order chi connectivity index (χ0) is 21.2. The van der Waals surface area contributed by atoms with Gasteiger partial charge in [-0.3, -0.25) is 4.79 Å². The van der Waals surface area contributed by atoms with Crippen LogP contribution in [0.3, 0.4) is 0 Å². The Labute approximate surface area is 168 Å². The molecule has 0 atom stereocenters. The third kappa shape index (κ3) is 4.44. The molecule has 0 saturated heterocycles. The molecule has 29 heavy (non-hydrogen) atoms. The number of nitrogens with zero attached hydrogens (tertiary/aromatic N) is 2. The minimum Gasteiger partial charge on any atom is -0.375 e. The van der Waals surface area contributed by atoms with Gasteiger partial charge in [0.25, 0.3) is 5.56 Å². The van der Waals surface area contributed by atoms with E-state index < -0.39 is 9.84 Å². The Balaban J connectivity index is 2.11. The molecule has 0 fully saturated rings. The van der Waals surface area contributed by atoms with E-state index in [2.05, 4.69) is 32.1 Å². The van der Waals surface area contributed by atoms with Crippen LogP contribution in [0.25, 0.3) is 11.3 Å². The Hall–Kier alpha value is -3.64. The SMILES string of the molecule is CNc1ccc(C#Cc2c(C)nc(N)nc2-c2ccc(S(C)(=O)=O)cc2)c(=O)[nH]1. The monoisotopic (exact) mass is 409 g/mol. The molecule has 0 amide bonds. The van der Waals surface area contributed by atoms with Crippen molar-refractivity contribution in [2.75, 3.05) is 24.4 Å². The van der Waals surface area contributed by atoms with Crippen molar-refractivity contribution >= 4 is 21.6 Å². The lowest BCUT2D eigenvalue weighted by Crippen LogP contribution is -2.11. The number of aromatic nitrogens is 3. The van der Waals surface area contributed by atoms with Crippen LogP contribution in [-0.2, 0) is 9.84 Å². The van der Waals surface area contributed by atoms with Crippen molar-refractivity contribution in [1.82, 2.24) is 15.0 Å². The van der Waals surface area contributed by atoms with Gasteiger partial charge in [-0.2, -0.15) is 0 Å². The number of benzene rings is 1. The molecule has 8 nitrogen and oxygen atoms in total. The summed E-state index contributed by atoms with van der Waals surface area (Å²) in [5.41, 5.74) is 7.92. The summed E-state index contributed by atoms with van der Waals surface area (Å²) in [6, 6.07) is 9.59. The molecule has 0 saturated carbocycles. The van der Waals surface area contributed by atoms with Crippen LogP contribution in [-0.4, -0.2) is 36.7 Å². The van der Waals surface area contributed by atoms with Crippen LogP contribution in [0.4, 0.5) is 11.8 Å². The molecule has 2 heterocycles. The maximum absolute atomic E-state index is 12.1. The predicted molar refractivity (Wildman–Crippen MR) is 112 cm³/mol. The number of sulfone groups is 1. The molecule has 9 heteroatoms. The molecule has 0 aliphatic carbocycles. The second-order valence-electron chi connectivity index (χ2n) is 6.30. The van der Waals surface area contributed by atoms with E-state index in [9.17, 15) is 13.2 Å². The van der Waals surface area contributed by atoms with E-state index in [1.165, 1.54) is 12.1 Å². The molecule has 3 rings (SSSR count). The summed E-state index contributed by atoms with van der Waals surface area (Å²) in [4.78, 5) is 23.4. The number of aromatic amines is 1. The largest absolute Gasteiger partial charge is 0.375 e. The number of hydrogen-bond donors (Lipinski definition) is 3. The first-order valence-electron chi connectivity index (χ1n) is 8.56. The highest BCUT2D eigenvalue weighted by atomic mass is 32.2. The summed E-state index contributed by atoms with van der Waals surface area (Å²) in [6.45, 7) is 1.74. The van der Waals surface area contributed by atoms with Crippen LogP contribution in [0.15, 0.2) is 46.1 Å². The van der Waals surface area contributed by atoms with Crippen LogP contribution in [0.2, 0.25) is 0 Å². The number of nitrogen functional groups attached to an aromatic ring is 1. The van der Waals surface area contributed by atoms with E-state index >= 15 is 0 Å². The Morgan fingerprint density at radius 3 is 2.34 bits per heavy atom. The Morgan fingerprint density at radius 2 is 1.76 bits per heavy atom. The standard InChI is InChI=1S/C20H19N5O3S/c1-12-16(10-6-14-7-11-17(22-2)24-19(14)26)18(25-20(21)23-12)13-4-8-15(9-5-13)29(3,27)28/h4-5,7-9,11H,1-3H3,(H2,21,23,25)(H2,22,24,26). The van der Waals surface area contributed by atoms with Crippen molar-refractivity contribution in [3.05, 3.63) is 63.6 Å². The molecule has 2 aromatic heterocycles. The average Bonchev–Trinajstić information content (AvgIpc) is 2.67. The molecule has 0 aliphatic heterocycles. The van der Waals surface area contributed by atoms with Gasteiger partial charge in [0.1, 0.15) is 5.82 Å². The summed E-state index contributed by atoms with van der Waals surface area (Å²) in [5.74, 6) is 6.46. The fraction of sp³-hybridized carbons (Fsp3) is 0.150. The Kier molecular flexibility index (Phi) is 5.39. The van der Waals surface area contributed by atoms with Crippen LogP contribution in [0.1, 0.15) is 16.8 Å². The summed E-state index contributed by atoms with van der Waals surface area (Å²) in [6.07, 6.45) is 1.14. The Morgan fingerprint density at radius 1 is 1.07 bits per heavy atom. The van der Waals surface area contributed by atoms with Crippen molar-refractivity contribution in [2.24, 2.45) is 0 Å². The third-order valence-corrected chi connectivity index (χ3v) is 5.29. The number of hydrogen-bond acceptors (Lipinski definition) is 7. The summed E-state index contributed by atoms with van der Waals surface area (Å²) in [5, 5.41) is 2.85. The quantitative estimate of drug-likeness (QED) is 0.560. The van der Waals surface area contributed by atoms with E-state index in [0.717, 1.165) is 6.26 Å². The van der Waals surface area contributed by atoms with Crippen LogP contribution in [0, 0.1) is 18.8 Å². The van der Waals surface area contributed by atoms with Gasteiger partial charge in [0.2, 0.25) is 5.95 Å². The van der Waals surface area contributed by atoms with Crippen molar-refractivity contribution in [1.29, 1.82) is 0 Å². The molecule has 0 spiro atoms. The molecule has 0 radical (unpaired) electrons. The number of rotatable bonds is 3. The highest BCUT2D eigenvalue weighted by Gasteiger charge is 2.13. The number of anilines is 2. The van der Waals surface area contributed by atoms with Crippen molar-refractivity contribution < 1.29 is 8.42 Å². The highest BCUT2D eigenvalue weighted by Crippen LogP contribution is 2.25. The van der Waals surface area contributed by atoms with Gasteiger partial charge >= 0.3 is 0 Å². The van der Waals surface area contributed by atoms with Crippen LogP contribution < -0.4 is 16.6 Å². The minimum absolute atomic E-state index is 0.0754. The van der Waals surface area contributed by atoms with Gasteiger partial charge < -0.3 is 16.0 Å². The topological polar surface area (TPSA) is 131 Å². The first-order valence-corrected chi connectivity index (χ1v) is 10.5. The smallest absolute Gasteiger partial charge is 0.265 e. The van der Waals surface area contributed by atoms with Gasteiger partial charge in [0.15, 0.2) is 9.84 Å². The molecule has 148 valence electrons. The van der Waals surface area contributed by atoms with E-state index in [1.807, 2.05) is 0 Å². The lowest BCUT2D eigenvalue weighted by molar-refractivity contribution is 0.602. The van der Waals surface area contributed by atoms with Crippen molar-refractivity contribution in [3.63, 3.8) is 0 Å². The number of nitrogens with one attached hydrogen (secondary N) is 2. The van der Waals surface area contributed by atoms with Crippen molar-refractivity contribution in [3.8, 4) is 23.1 Å². The number of pyridine rings is 1. The molecular formula is C20H19N5O3S. The van der Waals surface area contributed by atoms with Gasteiger partial charge in [-0.25, -0.2) is 18.4 Å². The van der Waals surface area contributed by atoms with E-state index in [-0.39, 0.29) is 16.4 Å². The zero-order valence-electron chi connectivity index (χ0n) is 16.1. The van der Waals surface area contributed by atoms with Gasteiger partial charge in [-0.05, 0) is 31.2 Å². The van der Waals surface area contributed by atoms with E-state index in [4.69, 9.17) is 5.73 Å².